The van der Waals surface area contributed by atoms with Gasteiger partial charge in [0.25, 0.3) is 0 Å². The molecule has 0 aliphatic carbocycles. The zero-order chi connectivity index (χ0) is 12.1. The fourth-order valence-corrected chi connectivity index (χ4v) is 1.79. The maximum Gasteiger partial charge on any atom is 0.118 e. The average Bonchev–Trinajstić information content (AvgIpc) is 2.22. The maximum atomic E-state index is 5.84. The number of benzene rings is 1. The van der Waals surface area contributed by atoms with E-state index < -0.39 is 5.21 Å². The van der Waals surface area contributed by atoms with Crippen LogP contribution in [0, 0.1) is 0 Å². The van der Waals surface area contributed by atoms with Crippen LogP contribution in [-0.4, -0.2) is 53.7 Å². The van der Waals surface area contributed by atoms with Gasteiger partial charge in [-0.2, -0.15) is 0 Å². The number of rotatable bonds is 0. The van der Waals surface area contributed by atoms with Crippen molar-refractivity contribution in [2.45, 2.75) is 11.6 Å². The van der Waals surface area contributed by atoms with Crippen LogP contribution in [0.5, 0.6) is 5.75 Å². The fourth-order valence-electron chi connectivity index (χ4n) is 1.79. The van der Waals surface area contributed by atoms with Crippen molar-refractivity contribution in [3.05, 3.63) is 5.56 Å². The first-order valence-corrected chi connectivity index (χ1v) is 4.79. The third-order valence-electron chi connectivity index (χ3n) is 2.71. The number of ether oxygens (including phenoxy) is 1. The van der Waals surface area contributed by atoms with Crippen LogP contribution in [0.25, 0.3) is 0 Å². The third-order valence-corrected chi connectivity index (χ3v) is 2.71. The molecule has 0 atom stereocenters. The predicted molar refractivity (Wildman–Crippen MR) is 71.4 cm³/mol. The second kappa shape index (κ2) is 3.72. The largest absolute Gasteiger partial charge is 0.495 e. The van der Waals surface area contributed by atoms with Crippen molar-refractivity contribution in [1.29, 1.82) is 0 Å². The average molecular weight is 193 g/mol. The Kier molecular flexibility index (Phi) is 2.76. The molecule has 64 valence electrons. The highest BCUT2D eigenvalue weighted by molar-refractivity contribution is 6.63. The van der Waals surface area contributed by atoms with E-state index in [1.54, 1.807) is 0 Å². The standard InChI is InChI=1S/C9H4B6O/c10-4-3-1-9(14,15)2-16-8(3)7(13)6(12)5(4)11/h1-2H2. The van der Waals surface area contributed by atoms with Crippen molar-refractivity contribution in [3.63, 3.8) is 0 Å². The van der Waals surface area contributed by atoms with Crippen molar-refractivity contribution in [2.24, 2.45) is 0 Å². The molecule has 1 heterocycles. The molecule has 0 spiro atoms. The molecule has 0 fully saturated rings. The van der Waals surface area contributed by atoms with Crippen molar-refractivity contribution in [2.75, 3.05) is 6.61 Å². The molecule has 1 aliphatic heterocycles. The van der Waals surface area contributed by atoms with E-state index >= 15 is 0 Å². The Labute approximate surface area is 104 Å². The SMILES string of the molecule is [B]c1c([B])c([B])c2c(c1[B])CC([B])([B])CO2. The maximum absolute atomic E-state index is 5.84. The van der Waals surface area contributed by atoms with E-state index in [4.69, 9.17) is 51.8 Å². The Hall–Kier alpha value is -0.590. The lowest BCUT2D eigenvalue weighted by molar-refractivity contribution is 0.277. The number of fused-ring (bicyclic) bond motifs is 1. The summed E-state index contributed by atoms with van der Waals surface area (Å²) in [5.41, 5.74) is 1.73. The molecule has 1 nitrogen and oxygen atoms in total. The Morgan fingerprint density at radius 1 is 0.875 bits per heavy atom. The summed E-state index contributed by atoms with van der Waals surface area (Å²) in [6, 6.07) is 0. The lowest BCUT2D eigenvalue weighted by atomic mass is 9.50. The Morgan fingerprint density at radius 3 is 2.06 bits per heavy atom. The summed E-state index contributed by atoms with van der Waals surface area (Å²) in [5.74, 6) is 0.440. The van der Waals surface area contributed by atoms with E-state index in [-0.39, 0.29) is 23.0 Å². The van der Waals surface area contributed by atoms with Crippen molar-refractivity contribution >= 4 is 68.9 Å². The summed E-state index contributed by atoms with van der Waals surface area (Å²) in [6.45, 7) is 0.160. The molecular formula is C9H4B6O. The van der Waals surface area contributed by atoms with Gasteiger partial charge in [0.05, 0.1) is 22.3 Å². The highest BCUT2D eigenvalue weighted by Gasteiger charge is 2.28. The van der Waals surface area contributed by atoms with Gasteiger partial charge >= 0.3 is 0 Å². The van der Waals surface area contributed by atoms with Gasteiger partial charge in [0.15, 0.2) is 0 Å². The first-order valence-electron chi connectivity index (χ1n) is 4.79. The van der Waals surface area contributed by atoms with Crippen LogP contribution in [0.2, 0.25) is 5.21 Å². The molecule has 0 saturated heterocycles. The van der Waals surface area contributed by atoms with Gasteiger partial charge < -0.3 is 4.74 Å². The van der Waals surface area contributed by atoms with E-state index in [1.807, 2.05) is 0 Å². The summed E-state index contributed by atoms with van der Waals surface area (Å²) >= 11 is 0. The summed E-state index contributed by atoms with van der Waals surface area (Å²) in [6.07, 6.45) is 0.350. The van der Waals surface area contributed by atoms with Crippen molar-refractivity contribution < 1.29 is 4.74 Å². The first kappa shape index (κ1) is 11.9. The first-order chi connectivity index (χ1) is 7.33. The van der Waals surface area contributed by atoms with Crippen LogP contribution in [0.1, 0.15) is 5.56 Å². The van der Waals surface area contributed by atoms with Crippen LogP contribution in [0.3, 0.4) is 0 Å². The van der Waals surface area contributed by atoms with Crippen LogP contribution < -0.4 is 26.6 Å². The number of hydrogen-bond acceptors (Lipinski definition) is 1. The van der Waals surface area contributed by atoms with Gasteiger partial charge in [-0.05, 0) is 12.0 Å². The molecule has 0 saturated carbocycles. The van der Waals surface area contributed by atoms with Gasteiger partial charge in [-0.1, -0.05) is 16.1 Å². The van der Waals surface area contributed by atoms with Gasteiger partial charge in [-0.25, -0.2) is 0 Å². The monoisotopic (exact) mass is 194 g/mol. The molecule has 0 N–H and O–H groups in total. The van der Waals surface area contributed by atoms with E-state index in [2.05, 4.69) is 0 Å². The van der Waals surface area contributed by atoms with Crippen LogP contribution >= 0.6 is 0 Å². The Balaban J connectivity index is 2.65. The van der Waals surface area contributed by atoms with Gasteiger partial charge in [-0.15, -0.1) is 10.9 Å². The van der Waals surface area contributed by atoms with Crippen LogP contribution in [0.4, 0.5) is 0 Å². The summed E-state index contributed by atoms with van der Waals surface area (Å²) in [4.78, 5) is 0. The van der Waals surface area contributed by atoms with Crippen LogP contribution in [0.15, 0.2) is 0 Å². The zero-order valence-electron chi connectivity index (χ0n) is 8.79. The second-order valence-electron chi connectivity index (χ2n) is 4.16. The smallest absolute Gasteiger partial charge is 0.118 e. The van der Waals surface area contributed by atoms with E-state index in [0.29, 0.717) is 23.2 Å². The van der Waals surface area contributed by atoms with E-state index in [1.165, 1.54) is 0 Å². The lowest BCUT2D eigenvalue weighted by Crippen LogP contribution is -2.51. The lowest BCUT2D eigenvalue weighted by Gasteiger charge is -2.36. The summed E-state index contributed by atoms with van der Waals surface area (Å²) in [5, 5.41) is -0.962. The highest BCUT2D eigenvalue weighted by atomic mass is 16.5. The normalized spacial score (nSPS) is 17.5. The van der Waals surface area contributed by atoms with Gasteiger partial charge in [0, 0.05) is 0 Å². The summed E-state index contributed by atoms with van der Waals surface area (Å²) < 4.78 is 5.40. The molecule has 2 rings (SSSR count). The minimum absolute atomic E-state index is 0.160. The molecule has 7 heteroatoms. The molecule has 1 aromatic rings. The molecule has 12 radical (unpaired) electrons. The van der Waals surface area contributed by atoms with Crippen molar-refractivity contribution in [1.82, 2.24) is 0 Å². The molecule has 16 heavy (non-hydrogen) atoms. The van der Waals surface area contributed by atoms with E-state index in [9.17, 15) is 0 Å². The fraction of sp³-hybridized carbons (Fsp3) is 0.333. The quantitative estimate of drug-likeness (QED) is 0.384. The molecule has 0 unspecified atom stereocenters. The molecular weight excluding hydrogens is 189 g/mol. The minimum atomic E-state index is -0.962. The van der Waals surface area contributed by atoms with Gasteiger partial charge in [0.2, 0.25) is 0 Å². The molecule has 0 amide bonds. The van der Waals surface area contributed by atoms with Gasteiger partial charge in [-0.3, -0.25) is 0 Å². The van der Waals surface area contributed by atoms with E-state index in [0.717, 1.165) is 0 Å². The zero-order valence-corrected chi connectivity index (χ0v) is 8.79. The topological polar surface area (TPSA) is 9.23 Å². The Bertz CT molecular complexity index is 456. The molecule has 1 aromatic carbocycles. The molecule has 0 aromatic heterocycles. The predicted octanol–water partition coefficient (Wildman–Crippen LogP) is -3.75. The number of hydrogen-bond donors (Lipinski definition) is 0. The molecule has 0 bridgehead atoms. The Morgan fingerprint density at radius 2 is 1.44 bits per heavy atom. The highest BCUT2D eigenvalue weighted by Crippen LogP contribution is 2.31. The second-order valence-corrected chi connectivity index (χ2v) is 4.16. The summed E-state index contributed by atoms with van der Waals surface area (Å²) in [7, 11) is 34.6. The molecule has 1 aliphatic rings. The van der Waals surface area contributed by atoms with Crippen molar-refractivity contribution in [3.8, 4) is 5.75 Å². The minimum Gasteiger partial charge on any atom is -0.495 e. The van der Waals surface area contributed by atoms with Gasteiger partial charge in [0.1, 0.15) is 37.1 Å². The third kappa shape index (κ3) is 1.74. The van der Waals surface area contributed by atoms with Crippen LogP contribution in [-0.2, 0) is 6.42 Å².